The molecule has 0 radical (unpaired) electrons. The van der Waals surface area contributed by atoms with E-state index in [4.69, 9.17) is 0 Å². The van der Waals surface area contributed by atoms with E-state index in [-0.39, 0.29) is 0 Å². The molecule has 1 fully saturated rings. The standard InChI is InChI=1S/C14H20BrIN2/c1-9(2)14-8-18(10(3)7-17-14)11-4-5-13(16)12(15)6-11/h4-6,9-10,14,17H,7-8H2,1-3H3. The quantitative estimate of drug-likeness (QED) is 0.727. The monoisotopic (exact) mass is 422 g/mol. The lowest BCUT2D eigenvalue weighted by molar-refractivity contribution is 0.337. The van der Waals surface area contributed by atoms with Crippen LogP contribution >= 0.6 is 38.5 Å². The summed E-state index contributed by atoms with van der Waals surface area (Å²) >= 11 is 5.98. The first-order valence-electron chi connectivity index (χ1n) is 6.44. The summed E-state index contributed by atoms with van der Waals surface area (Å²) in [6, 6.07) is 7.78. The Hall–Kier alpha value is 0.190. The number of halogens is 2. The molecule has 2 nitrogen and oxygen atoms in total. The lowest BCUT2D eigenvalue weighted by Crippen LogP contribution is -2.57. The van der Waals surface area contributed by atoms with Gasteiger partial charge in [-0.15, -0.1) is 0 Å². The summed E-state index contributed by atoms with van der Waals surface area (Å²) in [5.41, 5.74) is 1.32. The molecule has 0 spiro atoms. The van der Waals surface area contributed by atoms with Gasteiger partial charge in [0.25, 0.3) is 0 Å². The molecule has 1 saturated heterocycles. The van der Waals surface area contributed by atoms with Crippen LogP contribution in [0.25, 0.3) is 0 Å². The maximum atomic E-state index is 3.64. The molecule has 0 saturated carbocycles. The number of nitrogens with one attached hydrogen (secondary N) is 1. The summed E-state index contributed by atoms with van der Waals surface area (Å²) in [5.74, 6) is 0.673. The Morgan fingerprint density at radius 3 is 2.78 bits per heavy atom. The van der Waals surface area contributed by atoms with Crippen molar-refractivity contribution in [3.63, 3.8) is 0 Å². The highest BCUT2D eigenvalue weighted by Crippen LogP contribution is 2.28. The van der Waals surface area contributed by atoms with Crippen LogP contribution in [0.1, 0.15) is 20.8 Å². The molecule has 4 heteroatoms. The summed E-state index contributed by atoms with van der Waals surface area (Å²) in [5, 5.41) is 3.64. The maximum Gasteiger partial charge on any atom is 0.0387 e. The van der Waals surface area contributed by atoms with Gasteiger partial charge in [-0.1, -0.05) is 13.8 Å². The fourth-order valence-corrected chi connectivity index (χ4v) is 3.06. The molecule has 18 heavy (non-hydrogen) atoms. The number of benzene rings is 1. The number of hydrogen-bond acceptors (Lipinski definition) is 2. The van der Waals surface area contributed by atoms with Gasteiger partial charge in [0.2, 0.25) is 0 Å². The second-order valence-electron chi connectivity index (χ2n) is 5.36. The van der Waals surface area contributed by atoms with E-state index in [1.54, 1.807) is 0 Å². The summed E-state index contributed by atoms with van der Waals surface area (Å²) in [6.07, 6.45) is 0. The van der Waals surface area contributed by atoms with Gasteiger partial charge in [0.15, 0.2) is 0 Å². The summed E-state index contributed by atoms with van der Waals surface area (Å²) in [4.78, 5) is 2.52. The van der Waals surface area contributed by atoms with Crippen LogP contribution in [-0.2, 0) is 0 Å². The Morgan fingerprint density at radius 1 is 1.44 bits per heavy atom. The summed E-state index contributed by atoms with van der Waals surface area (Å²) in [7, 11) is 0. The number of nitrogens with zero attached hydrogens (tertiary/aromatic N) is 1. The molecule has 0 bridgehead atoms. The Morgan fingerprint density at radius 2 is 2.17 bits per heavy atom. The Labute approximate surface area is 132 Å². The topological polar surface area (TPSA) is 15.3 Å². The normalized spacial score (nSPS) is 24.7. The molecule has 2 unspecified atom stereocenters. The smallest absolute Gasteiger partial charge is 0.0387 e. The summed E-state index contributed by atoms with van der Waals surface area (Å²) < 4.78 is 2.45. The van der Waals surface area contributed by atoms with E-state index in [2.05, 4.69) is 87.7 Å². The first-order chi connectivity index (χ1) is 8.49. The van der Waals surface area contributed by atoms with Crippen LogP contribution in [0, 0.1) is 9.49 Å². The van der Waals surface area contributed by atoms with Crippen molar-refractivity contribution in [3.05, 3.63) is 26.2 Å². The minimum absolute atomic E-state index is 0.548. The molecule has 1 N–H and O–H groups in total. The molecule has 1 heterocycles. The van der Waals surface area contributed by atoms with Crippen LogP contribution in [0.4, 0.5) is 5.69 Å². The Balaban J connectivity index is 2.21. The Bertz CT molecular complexity index is 422. The number of hydrogen-bond donors (Lipinski definition) is 1. The van der Waals surface area contributed by atoms with Crippen LogP contribution in [0.2, 0.25) is 0 Å². The molecular weight excluding hydrogens is 403 g/mol. The van der Waals surface area contributed by atoms with Gasteiger partial charge in [-0.25, -0.2) is 0 Å². The minimum Gasteiger partial charge on any atom is -0.366 e. The van der Waals surface area contributed by atoms with Crippen molar-refractivity contribution in [2.24, 2.45) is 5.92 Å². The van der Waals surface area contributed by atoms with Crippen molar-refractivity contribution < 1.29 is 0 Å². The highest BCUT2D eigenvalue weighted by Gasteiger charge is 2.26. The van der Waals surface area contributed by atoms with Crippen molar-refractivity contribution in [1.82, 2.24) is 5.32 Å². The molecule has 1 aromatic rings. The van der Waals surface area contributed by atoms with Gasteiger partial charge in [0.1, 0.15) is 0 Å². The van der Waals surface area contributed by atoms with Crippen molar-refractivity contribution in [1.29, 1.82) is 0 Å². The molecular formula is C14H20BrIN2. The fourth-order valence-electron chi connectivity index (χ4n) is 2.36. The van der Waals surface area contributed by atoms with Crippen molar-refractivity contribution in [2.45, 2.75) is 32.9 Å². The Kier molecular flexibility index (Phi) is 4.94. The van der Waals surface area contributed by atoms with Crippen LogP contribution < -0.4 is 10.2 Å². The predicted octanol–water partition coefficient (Wildman–Crippen LogP) is 3.88. The third-order valence-corrected chi connectivity index (χ3v) is 5.98. The number of rotatable bonds is 2. The molecule has 0 aromatic heterocycles. The van der Waals surface area contributed by atoms with Crippen LogP contribution in [0.3, 0.4) is 0 Å². The van der Waals surface area contributed by atoms with Gasteiger partial charge in [-0.2, -0.15) is 0 Å². The third kappa shape index (κ3) is 3.20. The van der Waals surface area contributed by atoms with Gasteiger partial charge < -0.3 is 10.2 Å². The zero-order chi connectivity index (χ0) is 13.3. The van der Waals surface area contributed by atoms with E-state index in [1.165, 1.54) is 13.7 Å². The molecule has 1 aliphatic rings. The molecule has 2 atom stereocenters. The lowest BCUT2D eigenvalue weighted by atomic mass is 9.99. The summed E-state index contributed by atoms with van der Waals surface area (Å²) in [6.45, 7) is 9.01. The maximum absolute atomic E-state index is 3.64. The van der Waals surface area contributed by atoms with Crippen LogP contribution in [0.5, 0.6) is 0 Å². The average Bonchev–Trinajstić information content (AvgIpc) is 2.33. The molecule has 1 aromatic carbocycles. The number of piperazine rings is 1. The van der Waals surface area contributed by atoms with Crippen molar-refractivity contribution >= 4 is 44.2 Å². The van der Waals surface area contributed by atoms with Gasteiger partial charge >= 0.3 is 0 Å². The van der Waals surface area contributed by atoms with E-state index in [9.17, 15) is 0 Å². The first-order valence-corrected chi connectivity index (χ1v) is 8.31. The number of anilines is 1. The van der Waals surface area contributed by atoms with Crippen LogP contribution in [-0.4, -0.2) is 25.2 Å². The second kappa shape index (κ2) is 6.09. The van der Waals surface area contributed by atoms with Gasteiger partial charge in [0, 0.05) is 38.9 Å². The predicted molar refractivity (Wildman–Crippen MR) is 90.3 cm³/mol. The van der Waals surface area contributed by atoms with E-state index in [0.717, 1.165) is 13.1 Å². The third-order valence-electron chi connectivity index (χ3n) is 3.64. The van der Waals surface area contributed by atoms with E-state index in [0.29, 0.717) is 18.0 Å². The van der Waals surface area contributed by atoms with Gasteiger partial charge in [-0.3, -0.25) is 0 Å². The molecule has 0 amide bonds. The van der Waals surface area contributed by atoms with E-state index >= 15 is 0 Å². The molecule has 0 aliphatic carbocycles. The molecule has 100 valence electrons. The molecule has 2 rings (SSSR count). The zero-order valence-corrected chi connectivity index (χ0v) is 14.8. The highest BCUT2D eigenvalue weighted by molar-refractivity contribution is 14.1. The second-order valence-corrected chi connectivity index (χ2v) is 7.38. The zero-order valence-electron chi connectivity index (χ0n) is 11.1. The minimum atomic E-state index is 0.548. The lowest BCUT2D eigenvalue weighted by Gasteiger charge is -2.42. The van der Waals surface area contributed by atoms with Crippen LogP contribution in [0.15, 0.2) is 22.7 Å². The first kappa shape index (κ1) is 14.6. The van der Waals surface area contributed by atoms with Crippen molar-refractivity contribution in [2.75, 3.05) is 18.0 Å². The van der Waals surface area contributed by atoms with Crippen molar-refractivity contribution in [3.8, 4) is 0 Å². The average molecular weight is 423 g/mol. The fraction of sp³-hybridized carbons (Fsp3) is 0.571. The molecule has 1 aliphatic heterocycles. The highest BCUT2D eigenvalue weighted by atomic mass is 127. The van der Waals surface area contributed by atoms with Gasteiger partial charge in [0.05, 0.1) is 0 Å². The largest absolute Gasteiger partial charge is 0.366 e. The van der Waals surface area contributed by atoms with E-state index < -0.39 is 0 Å². The van der Waals surface area contributed by atoms with Gasteiger partial charge in [-0.05, 0) is 69.6 Å². The SMILES string of the molecule is CC(C)C1CN(c2ccc(I)c(Br)c2)C(C)CN1. The van der Waals surface area contributed by atoms with E-state index in [1.807, 2.05) is 0 Å².